The Morgan fingerprint density at radius 2 is 1.48 bits per heavy atom. The lowest BCUT2D eigenvalue weighted by Gasteiger charge is -2.33. The van der Waals surface area contributed by atoms with E-state index >= 15 is 0 Å². The third kappa shape index (κ3) is 11.6. The molecule has 0 aliphatic carbocycles. The quantitative estimate of drug-likeness (QED) is 0.221. The number of carboxylic acid groups (broad SMARTS) is 1. The summed E-state index contributed by atoms with van der Waals surface area (Å²) in [6, 6.07) is 13.2. The molecule has 13 nitrogen and oxygen atoms in total. The van der Waals surface area contributed by atoms with Crippen LogP contribution in [0.15, 0.2) is 48.5 Å². The zero-order valence-corrected chi connectivity index (χ0v) is 28.1. The number of amides is 5. The largest absolute Gasteiger partial charge is 0.490 e. The Bertz CT molecular complexity index is 1550. The van der Waals surface area contributed by atoms with Gasteiger partial charge in [-0.2, -0.15) is 13.2 Å². The highest BCUT2D eigenvalue weighted by Crippen LogP contribution is 2.38. The number of benzene rings is 2. The molecule has 0 aromatic heterocycles. The Morgan fingerprint density at radius 3 is 2.10 bits per heavy atom. The fraction of sp³-hybridized carbons (Fsp3) is 0.471. The van der Waals surface area contributed by atoms with Crippen LogP contribution in [0.5, 0.6) is 0 Å². The van der Waals surface area contributed by atoms with Crippen LogP contribution in [0, 0.1) is 5.92 Å². The van der Waals surface area contributed by atoms with Gasteiger partial charge < -0.3 is 26.4 Å². The van der Waals surface area contributed by atoms with Crippen molar-refractivity contribution in [3.63, 3.8) is 0 Å². The van der Waals surface area contributed by atoms with E-state index in [4.69, 9.17) is 9.90 Å². The molecule has 272 valence electrons. The van der Waals surface area contributed by atoms with E-state index in [1.165, 1.54) is 6.92 Å². The number of aliphatic carboxylic acids is 1. The zero-order chi connectivity index (χ0) is 37.0. The van der Waals surface area contributed by atoms with Crippen LogP contribution in [0.3, 0.4) is 0 Å². The van der Waals surface area contributed by atoms with Gasteiger partial charge in [0.2, 0.25) is 23.6 Å². The van der Waals surface area contributed by atoms with Crippen molar-refractivity contribution in [3.8, 4) is 0 Å². The molecule has 2 heterocycles. The Kier molecular flexibility index (Phi) is 14.3. The number of carbonyl (C=O) groups excluding carboxylic acids is 5. The molecule has 2 aliphatic rings. The second-order valence-electron chi connectivity index (χ2n) is 12.2. The highest BCUT2D eigenvalue weighted by Gasteiger charge is 2.38. The monoisotopic (exact) mass is 704 g/mol. The molecule has 0 radical (unpaired) electrons. The SMILES string of the molecule is CC(=O)N[C@@H](C)C(=O)N[C@@H](C)C(=O)NCCCCC1CCN(CC(=O)N2c3ccccc3NC(=O)c3ccccc32)CC1.O=C(O)C(F)(F)F. The van der Waals surface area contributed by atoms with E-state index in [0.29, 0.717) is 35.1 Å². The summed E-state index contributed by atoms with van der Waals surface area (Å²) in [6.07, 6.45) is -0.204. The first kappa shape index (κ1) is 39.4. The number of nitrogens with zero attached hydrogens (tertiary/aromatic N) is 2. The summed E-state index contributed by atoms with van der Waals surface area (Å²) in [5.74, 6) is -3.45. The third-order valence-corrected chi connectivity index (χ3v) is 8.24. The van der Waals surface area contributed by atoms with Crippen molar-refractivity contribution >= 4 is 52.6 Å². The molecule has 0 spiro atoms. The number of para-hydroxylation sites is 3. The summed E-state index contributed by atoms with van der Waals surface area (Å²) in [6.45, 7) is 6.98. The van der Waals surface area contributed by atoms with Crippen LogP contribution in [0.4, 0.5) is 30.2 Å². The van der Waals surface area contributed by atoms with Crippen molar-refractivity contribution in [2.45, 2.75) is 71.1 Å². The molecule has 2 aromatic rings. The Hall–Kier alpha value is -4.99. The molecule has 1 fully saturated rings. The zero-order valence-electron chi connectivity index (χ0n) is 28.1. The van der Waals surface area contributed by atoms with Crippen molar-refractivity contribution < 1.29 is 47.0 Å². The van der Waals surface area contributed by atoms with Gasteiger partial charge in [0.1, 0.15) is 12.1 Å². The average Bonchev–Trinajstić information content (AvgIpc) is 3.18. The predicted octanol–water partition coefficient (Wildman–Crippen LogP) is 3.58. The normalized spacial score (nSPS) is 15.8. The molecule has 0 unspecified atom stereocenters. The van der Waals surface area contributed by atoms with Crippen molar-refractivity contribution in [3.05, 3.63) is 54.1 Å². The molecule has 2 aliphatic heterocycles. The standard InChI is InChI=1S/C32H42N6O5.C2HF3O2/c1-21(35-31(42)22(2)34-23(3)39)30(41)33-17-9-8-10-24-15-18-37(19-16-24)20-29(40)38-27-13-6-4-11-25(27)32(43)36-26-12-5-7-14-28(26)38;3-2(4,5)1(6)7/h4-7,11-14,21-22,24H,8-10,15-20H2,1-3H3,(H,33,41)(H,34,39)(H,35,42)(H,36,43);(H,6,7)/t21-,22-;/m0./s1. The van der Waals surface area contributed by atoms with Crippen LogP contribution < -0.4 is 26.2 Å². The summed E-state index contributed by atoms with van der Waals surface area (Å²) in [5, 5.41) is 18.0. The lowest BCUT2D eigenvalue weighted by molar-refractivity contribution is -0.192. The van der Waals surface area contributed by atoms with E-state index in [1.54, 1.807) is 30.9 Å². The Balaban J connectivity index is 0.000000872. The first-order chi connectivity index (χ1) is 23.6. The number of rotatable bonds is 11. The van der Waals surface area contributed by atoms with Crippen molar-refractivity contribution in [2.24, 2.45) is 5.92 Å². The van der Waals surface area contributed by atoms with Crippen LogP contribution in [0.25, 0.3) is 0 Å². The van der Waals surface area contributed by atoms with Crippen LogP contribution >= 0.6 is 0 Å². The van der Waals surface area contributed by atoms with Gasteiger partial charge in [0, 0.05) is 13.5 Å². The molecule has 5 amide bonds. The topological polar surface area (TPSA) is 177 Å². The maximum Gasteiger partial charge on any atom is 0.490 e. The van der Waals surface area contributed by atoms with Gasteiger partial charge in [-0.15, -0.1) is 0 Å². The minimum Gasteiger partial charge on any atom is -0.475 e. The lowest BCUT2D eigenvalue weighted by atomic mass is 9.91. The number of fused-ring (bicyclic) bond motifs is 2. The molecule has 4 rings (SSSR count). The van der Waals surface area contributed by atoms with Gasteiger partial charge in [-0.3, -0.25) is 33.8 Å². The number of carbonyl (C=O) groups is 6. The van der Waals surface area contributed by atoms with Crippen LogP contribution in [0.1, 0.15) is 63.2 Å². The summed E-state index contributed by atoms with van der Waals surface area (Å²) in [7, 11) is 0. The highest BCUT2D eigenvalue weighted by molar-refractivity contribution is 6.17. The predicted molar refractivity (Wildman–Crippen MR) is 179 cm³/mol. The summed E-state index contributed by atoms with van der Waals surface area (Å²) >= 11 is 0. The number of piperidine rings is 1. The highest BCUT2D eigenvalue weighted by atomic mass is 19.4. The van der Waals surface area contributed by atoms with Crippen molar-refractivity contribution in [1.82, 2.24) is 20.9 Å². The van der Waals surface area contributed by atoms with E-state index in [2.05, 4.69) is 26.2 Å². The molecular formula is C34H43F3N6O7. The van der Waals surface area contributed by atoms with Gasteiger partial charge in [-0.1, -0.05) is 37.1 Å². The number of hydrogen-bond acceptors (Lipinski definition) is 7. The van der Waals surface area contributed by atoms with E-state index < -0.39 is 30.1 Å². The fourth-order valence-corrected chi connectivity index (χ4v) is 5.62. The molecule has 50 heavy (non-hydrogen) atoms. The van der Waals surface area contributed by atoms with Gasteiger partial charge in [-0.05, 0) is 76.4 Å². The second kappa shape index (κ2) is 18.1. The molecule has 1 saturated heterocycles. The lowest BCUT2D eigenvalue weighted by Crippen LogP contribution is -2.51. The number of halogens is 3. The minimum absolute atomic E-state index is 0.0689. The smallest absolute Gasteiger partial charge is 0.475 e. The van der Waals surface area contributed by atoms with E-state index in [9.17, 15) is 37.1 Å². The fourth-order valence-electron chi connectivity index (χ4n) is 5.62. The minimum atomic E-state index is -5.08. The number of unbranched alkanes of at least 4 members (excludes halogenated alkanes) is 1. The first-order valence-corrected chi connectivity index (χ1v) is 16.3. The van der Waals surface area contributed by atoms with Crippen LogP contribution in [0.2, 0.25) is 0 Å². The summed E-state index contributed by atoms with van der Waals surface area (Å²) < 4.78 is 31.7. The third-order valence-electron chi connectivity index (χ3n) is 8.24. The van der Waals surface area contributed by atoms with E-state index in [-0.39, 0.29) is 30.2 Å². The number of alkyl halides is 3. The van der Waals surface area contributed by atoms with Gasteiger partial charge >= 0.3 is 12.1 Å². The van der Waals surface area contributed by atoms with Crippen LogP contribution in [-0.2, 0) is 24.0 Å². The van der Waals surface area contributed by atoms with Crippen molar-refractivity contribution in [1.29, 1.82) is 0 Å². The van der Waals surface area contributed by atoms with E-state index in [0.717, 1.165) is 45.2 Å². The average molecular weight is 705 g/mol. The number of anilines is 3. The summed E-state index contributed by atoms with van der Waals surface area (Å²) in [5.41, 5.74) is 2.35. The molecule has 16 heteroatoms. The van der Waals surface area contributed by atoms with Gasteiger partial charge in [0.05, 0.1) is 29.2 Å². The molecular weight excluding hydrogens is 661 g/mol. The van der Waals surface area contributed by atoms with E-state index in [1.807, 2.05) is 36.4 Å². The number of carboxylic acids is 1. The number of likely N-dealkylation sites (tertiary alicyclic amines) is 1. The second-order valence-corrected chi connectivity index (χ2v) is 12.2. The molecule has 0 bridgehead atoms. The van der Waals surface area contributed by atoms with Gasteiger partial charge in [-0.25, -0.2) is 4.79 Å². The molecule has 0 saturated carbocycles. The number of hydrogen-bond donors (Lipinski definition) is 5. The van der Waals surface area contributed by atoms with Gasteiger partial charge in [0.25, 0.3) is 5.91 Å². The van der Waals surface area contributed by atoms with Crippen molar-refractivity contribution in [2.75, 3.05) is 36.4 Å². The maximum atomic E-state index is 13.7. The first-order valence-electron chi connectivity index (χ1n) is 16.3. The summed E-state index contributed by atoms with van der Waals surface area (Å²) in [4.78, 5) is 74.8. The van der Waals surface area contributed by atoms with Crippen LogP contribution in [-0.4, -0.2) is 90.0 Å². The molecule has 2 aromatic carbocycles. The Morgan fingerprint density at radius 1 is 0.900 bits per heavy atom. The Labute approximate surface area is 287 Å². The van der Waals surface area contributed by atoms with Gasteiger partial charge in [0.15, 0.2) is 0 Å². The number of nitrogens with one attached hydrogen (secondary N) is 4. The maximum absolute atomic E-state index is 13.7. The molecule has 5 N–H and O–H groups in total. The molecule has 2 atom stereocenters.